The number of rotatable bonds is 2. The molecule has 1 saturated heterocycles. The van der Waals surface area contributed by atoms with Crippen LogP contribution in [0.1, 0.15) is 51.9 Å². The minimum atomic E-state index is 0.274. The summed E-state index contributed by atoms with van der Waals surface area (Å²) in [5, 5.41) is 0. The van der Waals surface area contributed by atoms with Crippen molar-refractivity contribution < 1.29 is 4.79 Å². The molecule has 1 aliphatic rings. The van der Waals surface area contributed by atoms with Crippen LogP contribution in [0.25, 0.3) is 0 Å². The van der Waals surface area contributed by atoms with E-state index in [0.717, 1.165) is 19.4 Å². The van der Waals surface area contributed by atoms with E-state index in [1.165, 1.54) is 25.7 Å². The van der Waals surface area contributed by atoms with E-state index in [2.05, 4.69) is 6.58 Å². The van der Waals surface area contributed by atoms with E-state index < -0.39 is 0 Å². The Morgan fingerprint density at radius 3 is 2.67 bits per heavy atom. The smallest absolute Gasteiger partial charge is 0.222 e. The molecule has 0 bridgehead atoms. The third kappa shape index (κ3) is 3.69. The predicted octanol–water partition coefficient (Wildman–Crippen LogP) is 3.13. The van der Waals surface area contributed by atoms with E-state index in [9.17, 15) is 4.79 Å². The van der Waals surface area contributed by atoms with E-state index in [0.29, 0.717) is 6.42 Å². The van der Waals surface area contributed by atoms with Gasteiger partial charge in [0.1, 0.15) is 0 Å². The van der Waals surface area contributed by atoms with Gasteiger partial charge < -0.3 is 4.90 Å². The van der Waals surface area contributed by atoms with E-state index in [-0.39, 0.29) is 11.9 Å². The van der Waals surface area contributed by atoms with Crippen molar-refractivity contribution in [3.8, 4) is 0 Å². The molecule has 0 N–H and O–H groups in total. The van der Waals surface area contributed by atoms with Crippen LogP contribution in [-0.4, -0.2) is 23.4 Å². The zero-order valence-electron chi connectivity index (χ0n) is 9.87. The molecule has 1 unspecified atom stereocenters. The average molecular weight is 209 g/mol. The second kappa shape index (κ2) is 6.65. The van der Waals surface area contributed by atoms with Gasteiger partial charge in [-0.2, -0.15) is 0 Å². The lowest BCUT2D eigenvalue weighted by Crippen LogP contribution is -2.39. The first kappa shape index (κ1) is 12.3. The van der Waals surface area contributed by atoms with Gasteiger partial charge in [0.25, 0.3) is 0 Å². The molecule has 1 fully saturated rings. The quantitative estimate of drug-likeness (QED) is 0.640. The summed E-state index contributed by atoms with van der Waals surface area (Å²) in [4.78, 5) is 13.8. The van der Waals surface area contributed by atoms with Gasteiger partial charge in [0.2, 0.25) is 5.91 Å². The maximum atomic E-state index is 11.8. The van der Waals surface area contributed by atoms with Crippen molar-refractivity contribution in [1.82, 2.24) is 4.90 Å². The Hall–Kier alpha value is -0.790. The lowest BCUT2D eigenvalue weighted by molar-refractivity contribution is -0.132. The van der Waals surface area contributed by atoms with Crippen LogP contribution in [0.3, 0.4) is 0 Å². The van der Waals surface area contributed by atoms with E-state index in [1.807, 2.05) is 17.9 Å². The van der Waals surface area contributed by atoms with Crippen LogP contribution < -0.4 is 0 Å². The van der Waals surface area contributed by atoms with Gasteiger partial charge in [-0.3, -0.25) is 4.79 Å². The molecule has 2 nitrogen and oxygen atoms in total. The van der Waals surface area contributed by atoms with Gasteiger partial charge in [0.05, 0.1) is 0 Å². The fourth-order valence-corrected chi connectivity index (χ4v) is 2.25. The maximum Gasteiger partial charge on any atom is 0.222 e. The van der Waals surface area contributed by atoms with Gasteiger partial charge in [-0.1, -0.05) is 38.7 Å². The highest BCUT2D eigenvalue weighted by Gasteiger charge is 2.19. The third-order valence-electron chi connectivity index (χ3n) is 3.19. The van der Waals surface area contributed by atoms with Crippen LogP contribution in [0, 0.1) is 0 Å². The number of hydrogen-bond acceptors (Lipinski definition) is 1. The maximum absolute atomic E-state index is 11.8. The second-order valence-electron chi connectivity index (χ2n) is 4.30. The summed E-state index contributed by atoms with van der Waals surface area (Å²) < 4.78 is 0. The summed E-state index contributed by atoms with van der Waals surface area (Å²) in [5.74, 6) is 0.279. The molecule has 1 atom stereocenters. The fourth-order valence-electron chi connectivity index (χ4n) is 2.25. The topological polar surface area (TPSA) is 20.3 Å². The normalized spacial score (nSPS) is 23.8. The molecule has 0 aromatic carbocycles. The van der Waals surface area contributed by atoms with Gasteiger partial charge in [-0.05, 0) is 12.8 Å². The Morgan fingerprint density at radius 1 is 1.33 bits per heavy atom. The molecule has 1 aliphatic heterocycles. The standard InChI is InChI=1S/C13H23NO/c1-3-12-10-8-6-5-7-9-11-14(12)13(15)4-2/h3,12H,1,4-11H2,2H3. The molecule has 1 heterocycles. The molecule has 15 heavy (non-hydrogen) atoms. The second-order valence-corrected chi connectivity index (χ2v) is 4.30. The molecular weight excluding hydrogens is 186 g/mol. The average Bonchev–Trinajstić information content (AvgIpc) is 2.38. The highest BCUT2D eigenvalue weighted by molar-refractivity contribution is 5.76. The van der Waals surface area contributed by atoms with Crippen LogP contribution in [0.15, 0.2) is 12.7 Å². The van der Waals surface area contributed by atoms with Crippen LogP contribution in [0.5, 0.6) is 0 Å². The Labute approximate surface area is 93.3 Å². The fraction of sp³-hybridized carbons (Fsp3) is 0.769. The van der Waals surface area contributed by atoms with Crippen molar-refractivity contribution in [3.05, 3.63) is 12.7 Å². The molecule has 0 spiro atoms. The Morgan fingerprint density at radius 2 is 2.00 bits per heavy atom. The van der Waals surface area contributed by atoms with E-state index in [1.54, 1.807) is 0 Å². The van der Waals surface area contributed by atoms with Gasteiger partial charge in [0, 0.05) is 19.0 Å². The molecule has 86 valence electrons. The largest absolute Gasteiger partial charge is 0.336 e. The minimum Gasteiger partial charge on any atom is -0.336 e. The minimum absolute atomic E-state index is 0.274. The number of amides is 1. The van der Waals surface area contributed by atoms with Crippen LogP contribution in [0.4, 0.5) is 0 Å². The van der Waals surface area contributed by atoms with Crippen molar-refractivity contribution >= 4 is 5.91 Å². The van der Waals surface area contributed by atoms with Crippen LogP contribution in [0.2, 0.25) is 0 Å². The first-order chi connectivity index (χ1) is 7.29. The predicted molar refractivity (Wildman–Crippen MR) is 63.7 cm³/mol. The summed E-state index contributed by atoms with van der Waals surface area (Å²) >= 11 is 0. The lowest BCUT2D eigenvalue weighted by atomic mass is 10.1. The molecule has 0 aromatic rings. The molecule has 1 amide bonds. The van der Waals surface area contributed by atoms with Crippen molar-refractivity contribution in [1.29, 1.82) is 0 Å². The Balaban J connectivity index is 2.64. The first-order valence-corrected chi connectivity index (χ1v) is 6.21. The van der Waals surface area contributed by atoms with Crippen LogP contribution >= 0.6 is 0 Å². The molecule has 0 aliphatic carbocycles. The number of carbonyl (C=O) groups excluding carboxylic acids is 1. The highest BCUT2D eigenvalue weighted by Crippen LogP contribution is 2.17. The number of hydrogen-bond donors (Lipinski definition) is 0. The number of nitrogens with zero attached hydrogens (tertiary/aromatic N) is 1. The number of carbonyl (C=O) groups is 1. The van der Waals surface area contributed by atoms with E-state index >= 15 is 0 Å². The summed E-state index contributed by atoms with van der Waals surface area (Å²) in [6, 6.07) is 0.274. The molecule has 0 saturated carbocycles. The summed E-state index contributed by atoms with van der Waals surface area (Å²) in [5.41, 5.74) is 0. The van der Waals surface area contributed by atoms with Gasteiger partial charge in [-0.25, -0.2) is 0 Å². The monoisotopic (exact) mass is 209 g/mol. The summed E-state index contributed by atoms with van der Waals surface area (Å²) in [6.45, 7) is 6.72. The molecule has 0 radical (unpaired) electrons. The molecular formula is C13H23NO. The van der Waals surface area contributed by atoms with Gasteiger partial charge >= 0.3 is 0 Å². The van der Waals surface area contributed by atoms with Crippen LogP contribution in [-0.2, 0) is 4.79 Å². The summed E-state index contributed by atoms with van der Waals surface area (Å²) in [7, 11) is 0. The van der Waals surface area contributed by atoms with Gasteiger partial charge in [-0.15, -0.1) is 6.58 Å². The SMILES string of the molecule is C=CC1CCCCCCCN1C(=O)CC. The third-order valence-corrected chi connectivity index (χ3v) is 3.19. The van der Waals surface area contributed by atoms with Gasteiger partial charge in [0.15, 0.2) is 0 Å². The van der Waals surface area contributed by atoms with Crippen molar-refractivity contribution in [2.75, 3.05) is 6.54 Å². The van der Waals surface area contributed by atoms with Crippen molar-refractivity contribution in [2.45, 2.75) is 57.9 Å². The summed E-state index contributed by atoms with van der Waals surface area (Å²) in [6.07, 6.45) is 9.91. The van der Waals surface area contributed by atoms with E-state index in [4.69, 9.17) is 0 Å². The zero-order valence-corrected chi connectivity index (χ0v) is 9.87. The molecule has 1 rings (SSSR count). The Bertz CT molecular complexity index is 213. The van der Waals surface area contributed by atoms with Crippen molar-refractivity contribution in [3.63, 3.8) is 0 Å². The molecule has 2 heteroatoms. The highest BCUT2D eigenvalue weighted by atomic mass is 16.2. The molecule has 0 aromatic heterocycles. The Kier molecular flexibility index (Phi) is 5.44. The first-order valence-electron chi connectivity index (χ1n) is 6.21. The van der Waals surface area contributed by atoms with Crippen molar-refractivity contribution in [2.24, 2.45) is 0 Å². The lowest BCUT2D eigenvalue weighted by Gasteiger charge is -2.29. The zero-order chi connectivity index (χ0) is 11.1.